The highest BCUT2D eigenvalue weighted by molar-refractivity contribution is 14.1. The van der Waals surface area contributed by atoms with Crippen molar-refractivity contribution < 1.29 is 9.53 Å². The van der Waals surface area contributed by atoms with E-state index in [0.29, 0.717) is 46.5 Å². The number of ether oxygens (including phenoxy) is 1. The molecule has 0 aliphatic carbocycles. The first-order valence-corrected chi connectivity index (χ1v) is 11.4. The molecule has 168 valence electrons. The number of hydrogen-bond acceptors (Lipinski definition) is 5. The summed E-state index contributed by atoms with van der Waals surface area (Å²) in [6.07, 6.45) is 6.61. The molecule has 3 aromatic rings. The molecule has 0 saturated heterocycles. The number of halogens is 2. The highest BCUT2D eigenvalue weighted by Crippen LogP contribution is 2.24. The normalized spacial score (nSPS) is 11.4. The molecule has 0 fully saturated rings. The lowest BCUT2D eigenvalue weighted by Gasteiger charge is -2.09. The second-order valence-electron chi connectivity index (χ2n) is 6.94. The Morgan fingerprint density at radius 2 is 2.06 bits per heavy atom. The Hall–Kier alpha value is -2.79. The van der Waals surface area contributed by atoms with Gasteiger partial charge in [0.15, 0.2) is 9.00 Å². The Bertz CT molecular complexity index is 1090. The summed E-state index contributed by atoms with van der Waals surface area (Å²) < 4.78 is 9.50. The summed E-state index contributed by atoms with van der Waals surface area (Å²) in [5.74, 6) is 0.567. The van der Waals surface area contributed by atoms with E-state index in [1.807, 2.05) is 80.5 Å². The maximum absolute atomic E-state index is 12.0. The third-order valence-corrected chi connectivity index (χ3v) is 4.91. The maximum Gasteiger partial charge on any atom is 0.407 e. The molecule has 0 radical (unpaired) electrons. The smallest absolute Gasteiger partial charge is 0.407 e. The van der Waals surface area contributed by atoms with E-state index in [9.17, 15) is 4.79 Å². The number of rotatable bonds is 10. The number of aliphatic imine (C=N–C) groups is 1. The average molecular weight is 567 g/mol. The first-order chi connectivity index (χ1) is 15.4. The Morgan fingerprint density at radius 1 is 1.28 bits per heavy atom. The monoisotopic (exact) mass is 566 g/mol. The zero-order chi connectivity index (χ0) is 22.9. The number of amides is 1. The molecule has 0 aliphatic heterocycles. The highest BCUT2D eigenvalue weighted by Gasteiger charge is 2.12. The second kappa shape index (κ2) is 11.7. The van der Waals surface area contributed by atoms with Crippen LogP contribution in [0.4, 0.5) is 10.6 Å². The van der Waals surface area contributed by atoms with Gasteiger partial charge in [-0.25, -0.2) is 14.8 Å². The lowest BCUT2D eigenvalue weighted by molar-refractivity contribution is 0.143. The number of nitrogens with two attached hydrogens (primary N) is 1. The van der Waals surface area contributed by atoms with Crippen LogP contribution in [0.15, 0.2) is 66.7 Å². The number of benzene rings is 1. The van der Waals surface area contributed by atoms with Gasteiger partial charge in [0, 0.05) is 31.2 Å². The van der Waals surface area contributed by atoms with Gasteiger partial charge in [0.25, 0.3) is 0 Å². The minimum Gasteiger partial charge on any atom is -0.450 e. The Labute approximate surface area is 205 Å². The number of nitrogens with zero attached hydrogens (tertiary/aromatic N) is 4. The van der Waals surface area contributed by atoms with Crippen LogP contribution in [0.1, 0.15) is 24.1 Å². The van der Waals surface area contributed by atoms with Crippen molar-refractivity contribution in [2.75, 3.05) is 6.61 Å². The molecule has 0 unspecified atom stereocenters. The third-order valence-electron chi connectivity index (χ3n) is 4.58. The van der Waals surface area contributed by atoms with Crippen molar-refractivity contribution in [3.05, 3.63) is 73.0 Å². The fourth-order valence-electron chi connectivity index (χ4n) is 3.07. The summed E-state index contributed by atoms with van der Waals surface area (Å²) in [6.45, 7) is 5.06. The van der Waals surface area contributed by atoms with Crippen LogP contribution in [0.25, 0.3) is 11.4 Å². The van der Waals surface area contributed by atoms with Crippen molar-refractivity contribution in [3.63, 3.8) is 0 Å². The number of imidazole rings is 1. The zero-order valence-electron chi connectivity index (χ0n) is 17.4. The molecular weight excluding hydrogens is 543 g/mol. The predicted molar refractivity (Wildman–Crippen MR) is 136 cm³/mol. The van der Waals surface area contributed by atoms with Crippen LogP contribution in [0.2, 0.25) is 0 Å². The van der Waals surface area contributed by atoms with Gasteiger partial charge >= 0.3 is 6.09 Å². The Balaban J connectivity index is 1.40. The summed E-state index contributed by atoms with van der Waals surface area (Å²) in [7, 11) is 0. The highest BCUT2D eigenvalue weighted by atomic mass is 127. The SMILES string of the molecule is C=C(N)c1ncn(CCCCOC(=O)NCc2cccc(-n3cccc3)c2)c1N=C(Cl)I. The van der Waals surface area contributed by atoms with E-state index in [2.05, 4.69) is 21.9 Å². The summed E-state index contributed by atoms with van der Waals surface area (Å²) in [4.78, 5) is 20.5. The Kier molecular flexibility index (Phi) is 8.74. The number of carbonyl (C=O) groups excluding carboxylic acids is 1. The van der Waals surface area contributed by atoms with E-state index < -0.39 is 6.09 Å². The van der Waals surface area contributed by atoms with Crippen LogP contribution in [-0.2, 0) is 17.8 Å². The van der Waals surface area contributed by atoms with Gasteiger partial charge in [-0.15, -0.1) is 0 Å². The van der Waals surface area contributed by atoms with Crippen molar-refractivity contribution in [2.24, 2.45) is 10.7 Å². The van der Waals surface area contributed by atoms with Crippen LogP contribution < -0.4 is 11.1 Å². The summed E-state index contributed by atoms with van der Waals surface area (Å²) in [5, 5.41) is 2.78. The fraction of sp³-hybridized carbons (Fsp3) is 0.227. The molecule has 3 N–H and O–H groups in total. The van der Waals surface area contributed by atoms with Crippen molar-refractivity contribution >= 4 is 55.0 Å². The topological polar surface area (TPSA) is 99.5 Å². The number of unbranched alkanes of at least 4 members (excludes halogenated alkanes) is 1. The average Bonchev–Trinajstić information content (AvgIpc) is 3.42. The maximum atomic E-state index is 12.0. The van der Waals surface area contributed by atoms with Crippen LogP contribution >= 0.6 is 34.2 Å². The summed E-state index contributed by atoms with van der Waals surface area (Å²) >= 11 is 7.82. The molecule has 8 nitrogen and oxygen atoms in total. The Morgan fingerprint density at radius 3 is 2.78 bits per heavy atom. The molecule has 1 amide bonds. The summed E-state index contributed by atoms with van der Waals surface area (Å²) in [5.41, 5.74) is 8.64. The van der Waals surface area contributed by atoms with Gasteiger partial charge in [-0.2, -0.15) is 0 Å². The molecule has 0 saturated carbocycles. The molecule has 3 rings (SSSR count). The largest absolute Gasteiger partial charge is 0.450 e. The lowest BCUT2D eigenvalue weighted by Crippen LogP contribution is -2.24. The molecule has 2 heterocycles. The van der Waals surface area contributed by atoms with E-state index >= 15 is 0 Å². The van der Waals surface area contributed by atoms with E-state index in [0.717, 1.165) is 17.7 Å². The second-order valence-corrected chi connectivity index (χ2v) is 8.96. The van der Waals surface area contributed by atoms with Gasteiger partial charge in [0.2, 0.25) is 0 Å². The molecule has 0 atom stereocenters. The number of aromatic nitrogens is 3. The van der Waals surface area contributed by atoms with Crippen LogP contribution in [0, 0.1) is 0 Å². The number of hydrogen-bond donors (Lipinski definition) is 2. The van der Waals surface area contributed by atoms with Gasteiger partial charge in [0.1, 0.15) is 5.69 Å². The first-order valence-electron chi connectivity index (χ1n) is 9.96. The minimum atomic E-state index is -0.442. The lowest BCUT2D eigenvalue weighted by atomic mass is 10.2. The van der Waals surface area contributed by atoms with E-state index in [4.69, 9.17) is 22.1 Å². The van der Waals surface area contributed by atoms with Crippen LogP contribution in [0.5, 0.6) is 0 Å². The van der Waals surface area contributed by atoms with Crippen molar-refractivity contribution in [2.45, 2.75) is 25.9 Å². The fourth-order valence-corrected chi connectivity index (χ4v) is 3.38. The molecule has 10 heteroatoms. The van der Waals surface area contributed by atoms with Crippen LogP contribution in [-0.4, -0.2) is 30.0 Å². The zero-order valence-corrected chi connectivity index (χ0v) is 20.3. The van der Waals surface area contributed by atoms with E-state index in [1.54, 1.807) is 6.33 Å². The number of aryl methyl sites for hydroxylation is 1. The molecule has 32 heavy (non-hydrogen) atoms. The molecule has 0 aliphatic rings. The minimum absolute atomic E-state index is 0.312. The standard InChI is InChI=1S/C22H24ClIN6O2/c1-16(25)19-20(28-21(23)24)30(15-27-19)11-4-5-12-32-22(31)26-14-17-7-6-8-18(13-17)29-9-2-3-10-29/h2-3,6-10,13,15H,1,4-5,11-12,14,25H2,(H,26,31). The van der Waals surface area contributed by atoms with Gasteiger partial charge < -0.3 is 24.9 Å². The van der Waals surface area contributed by atoms with Crippen molar-refractivity contribution in [3.8, 4) is 5.69 Å². The van der Waals surface area contributed by atoms with Gasteiger partial charge in [-0.3, -0.25) is 0 Å². The van der Waals surface area contributed by atoms with Crippen LogP contribution in [0.3, 0.4) is 0 Å². The van der Waals surface area contributed by atoms with Gasteiger partial charge in [-0.1, -0.05) is 30.3 Å². The van der Waals surface area contributed by atoms with E-state index in [1.165, 1.54) is 0 Å². The first kappa shape index (κ1) is 23.9. The predicted octanol–water partition coefficient (Wildman–Crippen LogP) is 4.97. The molecule has 0 bridgehead atoms. The molecule has 0 spiro atoms. The molecule has 2 aromatic heterocycles. The van der Waals surface area contributed by atoms with Gasteiger partial charge in [-0.05, 0) is 65.3 Å². The van der Waals surface area contributed by atoms with E-state index in [-0.39, 0.29) is 0 Å². The summed E-state index contributed by atoms with van der Waals surface area (Å²) in [6, 6.07) is 11.9. The van der Waals surface area contributed by atoms with Crippen molar-refractivity contribution in [1.82, 2.24) is 19.4 Å². The third kappa shape index (κ3) is 6.86. The quantitative estimate of drug-likeness (QED) is 0.206. The van der Waals surface area contributed by atoms with Gasteiger partial charge in [0.05, 0.1) is 18.6 Å². The number of carbonyl (C=O) groups is 1. The van der Waals surface area contributed by atoms with Crippen molar-refractivity contribution in [1.29, 1.82) is 0 Å². The molecule has 1 aromatic carbocycles. The molecular formula is C22H24ClIN6O2. The number of nitrogens with one attached hydrogen (secondary N) is 1. The number of alkyl carbamates (subject to hydrolysis) is 1.